The largest absolute Gasteiger partial charge is 0.439 e. The number of ketones is 1. The van der Waals surface area contributed by atoms with E-state index in [1.165, 1.54) is 25.1 Å². The third-order valence-electron chi connectivity index (χ3n) is 3.99. The summed E-state index contributed by atoms with van der Waals surface area (Å²) in [6, 6.07) is 10.3. The van der Waals surface area contributed by atoms with Gasteiger partial charge in [-0.3, -0.25) is 9.59 Å². The number of pyridine rings is 1. The van der Waals surface area contributed by atoms with Crippen molar-refractivity contribution in [1.29, 1.82) is 0 Å². The Morgan fingerprint density at radius 3 is 2.45 bits per heavy atom. The van der Waals surface area contributed by atoms with Gasteiger partial charge in [-0.15, -0.1) is 0 Å². The van der Waals surface area contributed by atoms with E-state index in [4.69, 9.17) is 10.5 Å². The fourth-order valence-corrected chi connectivity index (χ4v) is 2.32. The van der Waals surface area contributed by atoms with Crippen molar-refractivity contribution in [2.24, 2.45) is 5.73 Å². The number of amides is 1. The number of ether oxygens (including phenoxy) is 1. The van der Waals surface area contributed by atoms with E-state index in [-0.39, 0.29) is 23.2 Å². The number of nitrogens with two attached hydrogens (primary N) is 1. The van der Waals surface area contributed by atoms with Crippen molar-refractivity contribution in [2.75, 3.05) is 5.32 Å². The van der Waals surface area contributed by atoms with E-state index in [0.717, 1.165) is 6.20 Å². The van der Waals surface area contributed by atoms with Gasteiger partial charge in [0.2, 0.25) is 5.88 Å². The highest BCUT2D eigenvalue weighted by atomic mass is 19.1. The van der Waals surface area contributed by atoms with Crippen molar-refractivity contribution in [2.45, 2.75) is 19.9 Å². The summed E-state index contributed by atoms with van der Waals surface area (Å²) < 4.78 is 18.5. The lowest BCUT2D eigenvalue weighted by molar-refractivity contribution is -0.117. The van der Waals surface area contributed by atoms with E-state index in [1.54, 1.807) is 31.2 Å². The molecule has 148 valence electrons. The summed E-state index contributed by atoms with van der Waals surface area (Å²) in [7, 11) is 0. The van der Waals surface area contributed by atoms with Gasteiger partial charge in [-0.2, -0.15) is 0 Å². The zero-order chi connectivity index (χ0) is 21.0. The molecule has 0 aliphatic carbocycles. The Morgan fingerprint density at radius 1 is 1.14 bits per heavy atom. The van der Waals surface area contributed by atoms with Gasteiger partial charge in [0.1, 0.15) is 23.1 Å². The van der Waals surface area contributed by atoms with Gasteiger partial charge in [0, 0.05) is 17.7 Å². The van der Waals surface area contributed by atoms with Crippen LogP contribution in [0.25, 0.3) is 11.4 Å². The minimum absolute atomic E-state index is 0.0177. The average Bonchev–Trinajstić information content (AvgIpc) is 2.70. The lowest BCUT2D eigenvalue weighted by Gasteiger charge is -2.13. The lowest BCUT2D eigenvalue weighted by atomic mass is 10.2. The molecule has 0 spiro atoms. The summed E-state index contributed by atoms with van der Waals surface area (Å²) in [4.78, 5) is 35.5. The second-order valence-electron chi connectivity index (χ2n) is 6.24. The normalized spacial score (nSPS) is 11.6. The first-order chi connectivity index (χ1) is 13.8. The van der Waals surface area contributed by atoms with Crippen LogP contribution in [0.3, 0.4) is 0 Å². The molecule has 0 unspecified atom stereocenters. The van der Waals surface area contributed by atoms with Crippen molar-refractivity contribution in [3.8, 4) is 23.0 Å². The van der Waals surface area contributed by atoms with Gasteiger partial charge in [-0.05, 0) is 44.2 Å². The summed E-state index contributed by atoms with van der Waals surface area (Å²) in [5.74, 6) is 0.0329. The highest BCUT2D eigenvalue weighted by Gasteiger charge is 2.14. The van der Waals surface area contributed by atoms with Crippen LogP contribution in [0.15, 0.2) is 48.7 Å². The molecular formula is C20H18FN5O3. The molecule has 0 bridgehead atoms. The van der Waals surface area contributed by atoms with Gasteiger partial charge in [0.05, 0.1) is 12.2 Å². The zero-order valence-electron chi connectivity index (χ0n) is 15.7. The molecule has 2 aromatic heterocycles. The van der Waals surface area contributed by atoms with E-state index in [0.29, 0.717) is 17.1 Å². The van der Waals surface area contributed by atoms with E-state index in [2.05, 4.69) is 20.3 Å². The Balaban J connectivity index is 1.86. The van der Waals surface area contributed by atoms with Crippen LogP contribution in [0.5, 0.6) is 11.6 Å². The van der Waals surface area contributed by atoms with Crippen LogP contribution in [-0.2, 0) is 4.79 Å². The molecule has 0 saturated carbocycles. The van der Waals surface area contributed by atoms with Gasteiger partial charge in [0.25, 0.3) is 5.91 Å². The third kappa shape index (κ3) is 5.10. The predicted molar refractivity (Wildman–Crippen MR) is 104 cm³/mol. The van der Waals surface area contributed by atoms with Gasteiger partial charge >= 0.3 is 0 Å². The average molecular weight is 395 g/mol. The van der Waals surface area contributed by atoms with E-state index >= 15 is 0 Å². The summed E-state index contributed by atoms with van der Waals surface area (Å²) in [6.45, 7) is 3.13. The van der Waals surface area contributed by atoms with Gasteiger partial charge in [-0.1, -0.05) is 0 Å². The number of nitrogens with zero attached hydrogens (tertiary/aromatic N) is 3. The fourth-order valence-electron chi connectivity index (χ4n) is 2.32. The number of nitrogens with one attached hydrogen (secondary N) is 1. The molecule has 1 atom stereocenters. The van der Waals surface area contributed by atoms with E-state index in [1.807, 2.05) is 0 Å². The molecule has 3 N–H and O–H groups in total. The maximum Gasteiger partial charge on any atom is 0.267 e. The molecule has 8 nitrogen and oxygen atoms in total. The number of hydrogen-bond donors (Lipinski definition) is 2. The molecule has 2 heterocycles. The van der Waals surface area contributed by atoms with Crippen molar-refractivity contribution >= 4 is 17.5 Å². The third-order valence-corrected chi connectivity index (χ3v) is 3.99. The van der Waals surface area contributed by atoms with E-state index in [9.17, 15) is 14.0 Å². The minimum atomic E-state index is -0.713. The second kappa shape index (κ2) is 8.42. The quantitative estimate of drug-likeness (QED) is 0.631. The van der Waals surface area contributed by atoms with Crippen LogP contribution in [-0.4, -0.2) is 32.7 Å². The number of rotatable bonds is 7. The Hall–Kier alpha value is -3.88. The summed E-state index contributed by atoms with van der Waals surface area (Å²) in [6.07, 6.45) is 1.06. The Bertz CT molecular complexity index is 1040. The van der Waals surface area contributed by atoms with Crippen molar-refractivity contribution in [3.05, 3.63) is 60.2 Å². The van der Waals surface area contributed by atoms with Crippen LogP contribution in [0, 0.1) is 5.82 Å². The van der Waals surface area contributed by atoms with Crippen LogP contribution in [0.1, 0.15) is 24.3 Å². The predicted octanol–water partition coefficient (Wildman–Crippen LogP) is 2.96. The van der Waals surface area contributed by atoms with Gasteiger partial charge in [-0.25, -0.2) is 19.3 Å². The zero-order valence-corrected chi connectivity index (χ0v) is 15.7. The number of benzene rings is 1. The first kappa shape index (κ1) is 19.9. The van der Waals surface area contributed by atoms with Crippen LogP contribution < -0.4 is 15.8 Å². The number of Topliss-reactive ketones (excluding diaryl/α,β-unsaturated/α-hetero) is 1. The summed E-state index contributed by atoms with van der Waals surface area (Å²) >= 11 is 0. The summed E-state index contributed by atoms with van der Waals surface area (Å²) in [5, 5.41) is 2.92. The number of aromatic nitrogens is 3. The Labute approximate surface area is 166 Å². The number of anilines is 1. The molecule has 3 aromatic rings. The van der Waals surface area contributed by atoms with Crippen LogP contribution in [0.4, 0.5) is 10.2 Å². The van der Waals surface area contributed by atoms with Crippen molar-refractivity contribution < 1.29 is 18.7 Å². The molecular weight excluding hydrogens is 377 g/mol. The highest BCUT2D eigenvalue weighted by Crippen LogP contribution is 2.24. The number of primary amides is 1. The van der Waals surface area contributed by atoms with Crippen LogP contribution >= 0.6 is 0 Å². The SMILES string of the molecule is CC(=O)[C@H](C)Nc1cc(C(N)=O)nc(-c2ccc(Oc3ccc(F)cn3)cc2)n1. The molecule has 0 aliphatic heterocycles. The maximum absolute atomic E-state index is 12.9. The molecule has 0 aliphatic rings. The molecule has 0 fully saturated rings. The smallest absolute Gasteiger partial charge is 0.267 e. The second-order valence-corrected chi connectivity index (χ2v) is 6.24. The number of carbonyl (C=O) groups is 2. The molecule has 29 heavy (non-hydrogen) atoms. The minimum Gasteiger partial charge on any atom is -0.439 e. The first-order valence-corrected chi connectivity index (χ1v) is 8.67. The Kier molecular flexibility index (Phi) is 5.77. The molecule has 0 saturated heterocycles. The number of carbonyl (C=O) groups excluding carboxylic acids is 2. The highest BCUT2D eigenvalue weighted by molar-refractivity contribution is 5.92. The van der Waals surface area contributed by atoms with Gasteiger partial charge in [0.15, 0.2) is 11.6 Å². The topological polar surface area (TPSA) is 120 Å². The van der Waals surface area contributed by atoms with E-state index < -0.39 is 17.8 Å². The fraction of sp³-hybridized carbons (Fsp3) is 0.150. The maximum atomic E-state index is 12.9. The van der Waals surface area contributed by atoms with Crippen molar-refractivity contribution in [3.63, 3.8) is 0 Å². The number of halogens is 1. The first-order valence-electron chi connectivity index (χ1n) is 8.67. The molecule has 0 radical (unpaired) electrons. The number of hydrogen-bond acceptors (Lipinski definition) is 7. The van der Waals surface area contributed by atoms with Gasteiger partial charge < -0.3 is 15.8 Å². The Morgan fingerprint density at radius 2 is 1.86 bits per heavy atom. The monoisotopic (exact) mass is 395 g/mol. The molecule has 3 rings (SSSR count). The standard InChI is InChI=1S/C20H18FN5O3/c1-11(12(2)27)24-17-9-16(19(22)28)25-20(26-17)13-3-6-15(7-4-13)29-18-8-5-14(21)10-23-18/h3-11H,1-2H3,(H2,22,28)(H,24,25,26)/t11-/m0/s1. The van der Waals surface area contributed by atoms with Crippen molar-refractivity contribution in [1.82, 2.24) is 15.0 Å². The lowest BCUT2D eigenvalue weighted by Crippen LogP contribution is -2.25. The molecule has 9 heteroatoms. The van der Waals surface area contributed by atoms with Crippen LogP contribution in [0.2, 0.25) is 0 Å². The summed E-state index contributed by atoms with van der Waals surface area (Å²) in [5.41, 5.74) is 5.98. The molecule has 1 aromatic carbocycles. The molecule has 1 amide bonds.